The molecule has 1 aliphatic rings. The van der Waals surface area contributed by atoms with Gasteiger partial charge in [-0.3, -0.25) is 0 Å². The second-order valence-electron chi connectivity index (χ2n) is 6.51. The summed E-state index contributed by atoms with van der Waals surface area (Å²) in [6, 6.07) is 17.5. The third kappa shape index (κ3) is 2.70. The van der Waals surface area contributed by atoms with Gasteiger partial charge < -0.3 is 14.9 Å². The number of anilines is 1. The number of sulfone groups is 1. The zero-order valence-corrected chi connectivity index (χ0v) is 16.0. The van der Waals surface area contributed by atoms with Crippen LogP contribution in [-0.4, -0.2) is 21.0 Å². The summed E-state index contributed by atoms with van der Waals surface area (Å²) in [6.07, 6.45) is 0. The van der Waals surface area contributed by atoms with Gasteiger partial charge in [0.1, 0.15) is 21.8 Å². The van der Waals surface area contributed by atoms with Gasteiger partial charge in [-0.05, 0) is 18.1 Å². The number of esters is 1. The van der Waals surface area contributed by atoms with Crippen LogP contribution in [0.4, 0.5) is 5.88 Å². The molecular formula is C21H19NO5S. The molecule has 0 saturated carbocycles. The number of furan rings is 1. The van der Waals surface area contributed by atoms with Crippen LogP contribution < -0.4 is 5.73 Å². The molecule has 1 aliphatic heterocycles. The Morgan fingerprint density at radius 3 is 2.07 bits per heavy atom. The highest BCUT2D eigenvalue weighted by atomic mass is 32.2. The Labute approximate surface area is 162 Å². The molecule has 6 nitrogen and oxygen atoms in total. The number of fused-ring (bicyclic) bond motifs is 1. The van der Waals surface area contributed by atoms with E-state index in [0.29, 0.717) is 11.1 Å². The van der Waals surface area contributed by atoms with E-state index in [-0.39, 0.29) is 29.4 Å². The molecule has 28 heavy (non-hydrogen) atoms. The molecule has 2 atom stereocenters. The molecule has 0 spiro atoms. The van der Waals surface area contributed by atoms with E-state index in [4.69, 9.17) is 14.9 Å². The third-order valence-corrected chi connectivity index (χ3v) is 7.15. The number of carbonyl (C=O) groups excluding carboxylic acids is 1. The molecule has 1 aromatic heterocycles. The van der Waals surface area contributed by atoms with Gasteiger partial charge in [0.05, 0.1) is 6.61 Å². The van der Waals surface area contributed by atoms with E-state index in [1.165, 1.54) is 0 Å². The molecule has 0 radical (unpaired) electrons. The Morgan fingerprint density at radius 2 is 1.54 bits per heavy atom. The molecule has 0 unspecified atom stereocenters. The van der Waals surface area contributed by atoms with Crippen molar-refractivity contribution in [2.24, 2.45) is 0 Å². The predicted octanol–water partition coefficient (Wildman–Crippen LogP) is 3.65. The Hall–Kier alpha value is -3.06. The molecule has 144 valence electrons. The summed E-state index contributed by atoms with van der Waals surface area (Å²) in [6.45, 7) is 1.82. The monoisotopic (exact) mass is 397 g/mol. The highest BCUT2D eigenvalue weighted by Gasteiger charge is 2.52. The highest BCUT2D eigenvalue weighted by molar-refractivity contribution is 7.92. The van der Waals surface area contributed by atoms with E-state index in [1.807, 2.05) is 0 Å². The zero-order valence-electron chi connectivity index (χ0n) is 15.2. The van der Waals surface area contributed by atoms with Crippen molar-refractivity contribution in [2.45, 2.75) is 17.4 Å². The summed E-state index contributed by atoms with van der Waals surface area (Å²) in [4.78, 5) is 12.6. The number of nitrogens with two attached hydrogens (primary N) is 1. The maximum Gasteiger partial charge on any atom is 0.344 e. The molecule has 3 aromatic rings. The van der Waals surface area contributed by atoms with Crippen LogP contribution in [0.25, 0.3) is 0 Å². The molecule has 0 aliphatic carbocycles. The Kier molecular flexibility index (Phi) is 4.47. The largest absolute Gasteiger partial charge is 0.462 e. The van der Waals surface area contributed by atoms with Crippen molar-refractivity contribution in [3.63, 3.8) is 0 Å². The van der Waals surface area contributed by atoms with Crippen molar-refractivity contribution < 1.29 is 22.4 Å². The fourth-order valence-corrected chi connectivity index (χ4v) is 6.13. The quantitative estimate of drug-likeness (QED) is 0.675. The van der Waals surface area contributed by atoms with Crippen molar-refractivity contribution >= 4 is 21.7 Å². The summed E-state index contributed by atoms with van der Waals surface area (Å²) in [5, 5.41) is -2.10. The number of hydrogen-bond donors (Lipinski definition) is 1. The third-order valence-electron chi connectivity index (χ3n) is 4.84. The molecule has 7 heteroatoms. The lowest BCUT2D eigenvalue weighted by Gasteiger charge is -2.16. The lowest BCUT2D eigenvalue weighted by Crippen LogP contribution is -2.17. The minimum absolute atomic E-state index is 0.00675. The second-order valence-corrected chi connectivity index (χ2v) is 8.63. The first kappa shape index (κ1) is 18.3. The van der Waals surface area contributed by atoms with E-state index in [1.54, 1.807) is 67.6 Å². The van der Waals surface area contributed by atoms with Gasteiger partial charge in [-0.25, -0.2) is 13.2 Å². The minimum Gasteiger partial charge on any atom is -0.462 e. The summed E-state index contributed by atoms with van der Waals surface area (Å²) in [5.41, 5.74) is 7.37. The number of benzene rings is 2. The average Bonchev–Trinajstić information content (AvgIpc) is 3.10. The molecule has 0 bridgehead atoms. The first-order chi connectivity index (χ1) is 13.5. The van der Waals surface area contributed by atoms with Gasteiger partial charge in [0.25, 0.3) is 0 Å². The van der Waals surface area contributed by atoms with E-state index in [2.05, 4.69) is 0 Å². The lowest BCUT2D eigenvalue weighted by molar-refractivity contribution is 0.0526. The second kappa shape index (κ2) is 6.83. The van der Waals surface area contributed by atoms with Crippen LogP contribution in [0.3, 0.4) is 0 Å². The molecule has 0 amide bonds. The SMILES string of the molecule is CCOC(=O)c1c(N)oc2c1[C@H](c1ccccc1)S(=O)(=O)[C@@H]2c1ccccc1. The van der Waals surface area contributed by atoms with E-state index >= 15 is 0 Å². The number of ether oxygens (including phenoxy) is 1. The maximum atomic E-state index is 13.6. The highest BCUT2D eigenvalue weighted by Crippen LogP contribution is 2.54. The summed E-state index contributed by atoms with van der Waals surface area (Å²) >= 11 is 0. The molecular weight excluding hydrogens is 378 g/mol. The fourth-order valence-electron chi connectivity index (χ4n) is 3.75. The van der Waals surface area contributed by atoms with Crippen LogP contribution in [-0.2, 0) is 14.6 Å². The van der Waals surface area contributed by atoms with Gasteiger partial charge in [-0.1, -0.05) is 60.7 Å². The van der Waals surface area contributed by atoms with Crippen molar-refractivity contribution in [2.75, 3.05) is 12.3 Å². The van der Waals surface area contributed by atoms with Crippen LogP contribution in [0, 0.1) is 0 Å². The normalized spacial score (nSPS) is 19.9. The molecule has 0 saturated heterocycles. The lowest BCUT2D eigenvalue weighted by atomic mass is 9.98. The standard InChI is InChI=1S/C21H19NO5S/c1-2-26-21(23)16-15-17(27-20(16)22)19(14-11-7-4-8-12-14)28(24,25)18(15)13-9-5-3-6-10-13/h3-12,18-19H,2,22H2,1H3/t18-,19+/m0/s1. The maximum absolute atomic E-state index is 13.6. The predicted molar refractivity (Wildman–Crippen MR) is 105 cm³/mol. The van der Waals surface area contributed by atoms with Crippen molar-refractivity contribution in [1.82, 2.24) is 0 Å². The van der Waals surface area contributed by atoms with Crippen LogP contribution in [0.5, 0.6) is 0 Å². The van der Waals surface area contributed by atoms with Gasteiger partial charge >= 0.3 is 5.97 Å². The first-order valence-corrected chi connectivity index (χ1v) is 10.5. The fraction of sp³-hybridized carbons (Fsp3) is 0.190. The topological polar surface area (TPSA) is 99.6 Å². The van der Waals surface area contributed by atoms with E-state index in [0.717, 1.165) is 0 Å². The smallest absolute Gasteiger partial charge is 0.344 e. The summed E-state index contributed by atoms with van der Waals surface area (Å²) in [5.74, 6) is -0.629. The number of rotatable bonds is 4. The molecule has 0 fully saturated rings. The summed E-state index contributed by atoms with van der Waals surface area (Å²) < 4.78 is 38.0. The number of carbonyl (C=O) groups is 1. The van der Waals surface area contributed by atoms with Crippen LogP contribution >= 0.6 is 0 Å². The zero-order chi connectivity index (χ0) is 19.9. The van der Waals surface area contributed by atoms with E-state index < -0.39 is 26.3 Å². The van der Waals surface area contributed by atoms with Crippen molar-refractivity contribution in [3.05, 3.63) is 88.7 Å². The average molecular weight is 397 g/mol. The van der Waals surface area contributed by atoms with Crippen LogP contribution in [0.2, 0.25) is 0 Å². The van der Waals surface area contributed by atoms with Gasteiger partial charge in [0, 0.05) is 5.56 Å². The Morgan fingerprint density at radius 1 is 1.00 bits per heavy atom. The first-order valence-electron chi connectivity index (χ1n) is 8.88. The Balaban J connectivity index is 2.01. The van der Waals surface area contributed by atoms with Crippen molar-refractivity contribution in [3.8, 4) is 0 Å². The van der Waals surface area contributed by atoms with Crippen LogP contribution in [0.15, 0.2) is 65.1 Å². The molecule has 2 heterocycles. The van der Waals surface area contributed by atoms with Gasteiger partial charge in [0.2, 0.25) is 5.88 Å². The van der Waals surface area contributed by atoms with Crippen LogP contribution in [0.1, 0.15) is 50.2 Å². The van der Waals surface area contributed by atoms with Gasteiger partial charge in [-0.15, -0.1) is 0 Å². The van der Waals surface area contributed by atoms with Gasteiger partial charge in [0.15, 0.2) is 9.84 Å². The summed E-state index contributed by atoms with van der Waals surface area (Å²) in [7, 11) is -3.79. The Bertz CT molecular complexity index is 1120. The molecule has 4 rings (SSSR count). The number of hydrogen-bond acceptors (Lipinski definition) is 6. The molecule has 2 aromatic carbocycles. The van der Waals surface area contributed by atoms with Crippen molar-refractivity contribution in [1.29, 1.82) is 0 Å². The minimum atomic E-state index is -3.79. The van der Waals surface area contributed by atoms with E-state index in [9.17, 15) is 13.2 Å². The number of nitrogen functional groups attached to an aromatic ring is 1. The van der Waals surface area contributed by atoms with Gasteiger partial charge in [-0.2, -0.15) is 0 Å². The molecule has 2 N–H and O–H groups in total.